The Bertz CT molecular complexity index is 1070. The molecule has 9 nitrogen and oxygen atoms in total. The van der Waals surface area contributed by atoms with Crippen LogP contribution in [0.1, 0.15) is 168 Å². The standard InChI is InChI=1S/C44H80NO8P/c1-6-8-10-12-14-16-18-20-22-24-26-28-30-32-34-36-43(46)50-40-42(41-52-54(48,49)51-39-38-45(3,4)5)53-44(47)37-35-33-31-29-27-25-23-21-19-17-15-13-11-9-7-2/h8,10,14,16,20-23,42H,6-7,9,11-13,15,17-19,24-41H2,1-5H3/b10-8-,16-14-,22-20-,23-21-/t42-/m1/s1. The predicted octanol–water partition coefficient (Wildman–Crippen LogP) is 11.3. The molecular weight excluding hydrogens is 701 g/mol. The molecule has 0 aromatic heterocycles. The molecule has 0 spiro atoms. The largest absolute Gasteiger partial charge is 0.756 e. The van der Waals surface area contributed by atoms with Crippen LogP contribution in [-0.4, -0.2) is 70.0 Å². The molecular formula is C44H80NO8P. The molecule has 0 heterocycles. The Hall–Kier alpha value is -2.03. The molecule has 0 aromatic carbocycles. The highest BCUT2D eigenvalue weighted by Gasteiger charge is 2.21. The first-order valence-electron chi connectivity index (χ1n) is 21.3. The lowest BCUT2D eigenvalue weighted by Gasteiger charge is -2.28. The third-order valence-corrected chi connectivity index (χ3v) is 9.80. The Labute approximate surface area is 331 Å². The Morgan fingerprint density at radius 3 is 1.59 bits per heavy atom. The van der Waals surface area contributed by atoms with E-state index in [1.54, 1.807) is 0 Å². The second kappa shape index (κ2) is 36.6. The number of carbonyl (C=O) groups is 2. The molecule has 0 rings (SSSR count). The molecule has 0 aromatic rings. The smallest absolute Gasteiger partial charge is 0.306 e. The highest BCUT2D eigenvalue weighted by Crippen LogP contribution is 2.38. The van der Waals surface area contributed by atoms with Crippen molar-refractivity contribution in [2.24, 2.45) is 0 Å². The normalized spacial score (nSPS) is 14.1. The molecule has 0 saturated heterocycles. The summed E-state index contributed by atoms with van der Waals surface area (Å²) in [6.45, 7) is 4.07. The van der Waals surface area contributed by atoms with Crippen molar-refractivity contribution in [3.05, 3.63) is 48.6 Å². The highest BCUT2D eigenvalue weighted by molar-refractivity contribution is 7.45. The van der Waals surface area contributed by atoms with Gasteiger partial charge in [0.05, 0.1) is 27.7 Å². The number of likely N-dealkylation sites (N-methyl/N-ethyl adjacent to an activating group) is 1. The van der Waals surface area contributed by atoms with E-state index >= 15 is 0 Å². The molecule has 0 aliphatic carbocycles. The number of quaternary nitrogens is 1. The summed E-state index contributed by atoms with van der Waals surface area (Å²) in [5.41, 5.74) is 0. The first-order valence-corrected chi connectivity index (χ1v) is 22.8. The number of unbranched alkanes of at least 4 members (excludes halogenated alkanes) is 16. The summed E-state index contributed by atoms with van der Waals surface area (Å²) in [4.78, 5) is 37.5. The zero-order valence-corrected chi connectivity index (χ0v) is 36.0. The lowest BCUT2D eigenvalue weighted by Crippen LogP contribution is -2.37. The van der Waals surface area contributed by atoms with Crippen LogP contribution in [0.4, 0.5) is 0 Å². The SMILES string of the molecule is CC/C=C\C/C=C\C/C=C\CCCCCCCC(=O)OC[C@H](COP(=O)([O-])OCC[N+](C)(C)C)OC(=O)CCCCCCC/C=C\CCCCCCCC. The number of phosphoric ester groups is 1. The summed E-state index contributed by atoms with van der Waals surface area (Å²) in [6.07, 6.45) is 41.3. The van der Waals surface area contributed by atoms with E-state index in [1.165, 1.54) is 44.9 Å². The van der Waals surface area contributed by atoms with Crippen molar-refractivity contribution in [1.82, 2.24) is 0 Å². The fourth-order valence-electron chi connectivity index (χ4n) is 5.49. The van der Waals surface area contributed by atoms with Crippen molar-refractivity contribution in [2.75, 3.05) is 47.5 Å². The molecule has 0 radical (unpaired) electrons. The number of phosphoric acid groups is 1. The zero-order chi connectivity index (χ0) is 40.0. The van der Waals surface area contributed by atoms with Crippen LogP contribution in [0.2, 0.25) is 0 Å². The first-order chi connectivity index (χ1) is 26.0. The highest BCUT2D eigenvalue weighted by atomic mass is 31.2. The van der Waals surface area contributed by atoms with Crippen molar-refractivity contribution >= 4 is 19.8 Å². The van der Waals surface area contributed by atoms with Gasteiger partial charge in [0.1, 0.15) is 19.8 Å². The Morgan fingerprint density at radius 2 is 1.06 bits per heavy atom. The fraction of sp³-hybridized carbons (Fsp3) is 0.773. The molecule has 0 saturated carbocycles. The molecule has 10 heteroatoms. The van der Waals surface area contributed by atoms with Gasteiger partial charge in [-0.3, -0.25) is 14.2 Å². The van der Waals surface area contributed by atoms with Gasteiger partial charge in [-0.25, -0.2) is 0 Å². The summed E-state index contributed by atoms with van der Waals surface area (Å²) >= 11 is 0. The van der Waals surface area contributed by atoms with Crippen LogP contribution in [-0.2, 0) is 32.7 Å². The van der Waals surface area contributed by atoms with E-state index in [4.69, 9.17) is 18.5 Å². The maximum atomic E-state index is 12.7. The molecule has 0 bridgehead atoms. The van der Waals surface area contributed by atoms with Gasteiger partial charge < -0.3 is 27.9 Å². The average Bonchev–Trinajstić information content (AvgIpc) is 3.12. The third kappa shape index (κ3) is 39.7. The van der Waals surface area contributed by atoms with Crippen LogP contribution in [0.3, 0.4) is 0 Å². The minimum Gasteiger partial charge on any atom is -0.756 e. The van der Waals surface area contributed by atoms with E-state index in [0.29, 0.717) is 23.9 Å². The van der Waals surface area contributed by atoms with Crippen molar-refractivity contribution in [1.29, 1.82) is 0 Å². The van der Waals surface area contributed by atoms with Crippen LogP contribution in [0, 0.1) is 0 Å². The van der Waals surface area contributed by atoms with Crippen molar-refractivity contribution in [3.63, 3.8) is 0 Å². The minimum absolute atomic E-state index is 0.0368. The molecule has 0 amide bonds. The van der Waals surface area contributed by atoms with E-state index in [0.717, 1.165) is 83.5 Å². The number of hydrogen-bond acceptors (Lipinski definition) is 8. The first kappa shape index (κ1) is 52.0. The van der Waals surface area contributed by atoms with Gasteiger partial charge >= 0.3 is 11.9 Å². The second-order valence-electron chi connectivity index (χ2n) is 15.3. The van der Waals surface area contributed by atoms with E-state index in [2.05, 4.69) is 62.5 Å². The minimum atomic E-state index is -4.63. The van der Waals surface area contributed by atoms with Gasteiger partial charge in [-0.2, -0.15) is 0 Å². The molecule has 2 atom stereocenters. The van der Waals surface area contributed by atoms with Crippen molar-refractivity contribution in [2.45, 2.75) is 174 Å². The van der Waals surface area contributed by atoms with Gasteiger partial charge in [-0.1, -0.05) is 133 Å². The molecule has 314 valence electrons. The maximum Gasteiger partial charge on any atom is 0.306 e. The van der Waals surface area contributed by atoms with E-state index < -0.39 is 32.5 Å². The average molecular weight is 782 g/mol. The Morgan fingerprint density at radius 1 is 0.593 bits per heavy atom. The van der Waals surface area contributed by atoms with Crippen molar-refractivity contribution in [3.8, 4) is 0 Å². The van der Waals surface area contributed by atoms with Gasteiger partial charge in [-0.05, 0) is 70.6 Å². The number of carbonyl (C=O) groups excluding carboxylic acids is 2. The molecule has 0 fully saturated rings. The Balaban J connectivity index is 4.42. The second-order valence-corrected chi connectivity index (χ2v) is 16.7. The van der Waals surface area contributed by atoms with Crippen LogP contribution in [0.25, 0.3) is 0 Å². The third-order valence-electron chi connectivity index (χ3n) is 8.83. The van der Waals surface area contributed by atoms with E-state index in [-0.39, 0.29) is 26.1 Å². The molecule has 54 heavy (non-hydrogen) atoms. The summed E-state index contributed by atoms with van der Waals surface area (Å²) in [5, 5.41) is 0. The lowest BCUT2D eigenvalue weighted by molar-refractivity contribution is -0.870. The summed E-state index contributed by atoms with van der Waals surface area (Å²) < 4.78 is 33.8. The lowest BCUT2D eigenvalue weighted by atomic mass is 10.1. The summed E-state index contributed by atoms with van der Waals surface area (Å²) in [7, 11) is 1.14. The number of ether oxygens (including phenoxy) is 2. The number of allylic oxidation sites excluding steroid dienone is 8. The molecule has 0 aliphatic heterocycles. The fourth-order valence-corrected chi connectivity index (χ4v) is 6.21. The number of esters is 2. The van der Waals surface area contributed by atoms with Crippen LogP contribution >= 0.6 is 7.82 Å². The summed E-state index contributed by atoms with van der Waals surface area (Å²) in [5.74, 6) is -0.867. The van der Waals surface area contributed by atoms with Gasteiger partial charge in [0, 0.05) is 12.8 Å². The zero-order valence-electron chi connectivity index (χ0n) is 35.2. The predicted molar refractivity (Wildman–Crippen MR) is 222 cm³/mol. The van der Waals surface area contributed by atoms with E-state index in [1.807, 2.05) is 21.1 Å². The van der Waals surface area contributed by atoms with Gasteiger partial charge in [-0.15, -0.1) is 0 Å². The quantitative estimate of drug-likeness (QED) is 0.0200. The molecule has 1 unspecified atom stereocenters. The molecule has 0 N–H and O–H groups in total. The van der Waals surface area contributed by atoms with Gasteiger partial charge in [0.15, 0.2) is 6.10 Å². The van der Waals surface area contributed by atoms with Gasteiger partial charge in [0.2, 0.25) is 0 Å². The van der Waals surface area contributed by atoms with E-state index in [9.17, 15) is 19.0 Å². The van der Waals surface area contributed by atoms with Crippen molar-refractivity contribution < 1.29 is 42.1 Å². The van der Waals surface area contributed by atoms with Crippen LogP contribution in [0.5, 0.6) is 0 Å². The number of nitrogens with zero attached hydrogens (tertiary/aromatic N) is 1. The Kier molecular flexibility index (Phi) is 35.2. The van der Waals surface area contributed by atoms with Crippen LogP contribution < -0.4 is 4.89 Å². The van der Waals surface area contributed by atoms with Gasteiger partial charge in [0.25, 0.3) is 7.82 Å². The molecule has 0 aliphatic rings. The topological polar surface area (TPSA) is 111 Å². The monoisotopic (exact) mass is 782 g/mol. The number of rotatable bonds is 38. The summed E-state index contributed by atoms with van der Waals surface area (Å²) in [6, 6.07) is 0. The van der Waals surface area contributed by atoms with Crippen LogP contribution in [0.15, 0.2) is 48.6 Å². The maximum absolute atomic E-state index is 12.7. The number of hydrogen-bond donors (Lipinski definition) is 0.